The van der Waals surface area contributed by atoms with Gasteiger partial charge in [-0.1, -0.05) is 59.9 Å². The first kappa shape index (κ1) is 33.3. The van der Waals surface area contributed by atoms with Gasteiger partial charge in [0.05, 0.1) is 49.9 Å². The van der Waals surface area contributed by atoms with Gasteiger partial charge in [0.2, 0.25) is 0 Å². The van der Waals surface area contributed by atoms with Crippen molar-refractivity contribution >= 4 is 30.1 Å². The predicted octanol–water partition coefficient (Wildman–Crippen LogP) is 7.58. The minimum atomic E-state index is -1.28. The van der Waals surface area contributed by atoms with Crippen LogP contribution in [0.4, 0.5) is 4.79 Å². The van der Waals surface area contributed by atoms with E-state index in [1.807, 2.05) is 45.0 Å². The molecule has 2 heterocycles. The standard InChI is InChI=1S/C31H46BrN3O5Si/c1-9-15-37-21-27-28(23-11-13-24(32)14-12-23)33-29(35(27)22-38-17-18-41(6,7)8)26-19-25(39-16-10-2)20-34(26)30(36)40-31(3,4)5/h9-14,25-26H,1-2,15-22H2,3-8H3. The fraction of sp³-hybridized carbons (Fsp3) is 0.548. The van der Waals surface area contributed by atoms with Crippen molar-refractivity contribution in [2.45, 2.75) is 84.0 Å². The van der Waals surface area contributed by atoms with E-state index in [2.05, 4.69) is 53.3 Å². The van der Waals surface area contributed by atoms with Crippen molar-refractivity contribution in [1.82, 2.24) is 14.5 Å². The molecule has 0 spiro atoms. The lowest BCUT2D eigenvalue weighted by Crippen LogP contribution is -2.38. The van der Waals surface area contributed by atoms with E-state index in [1.54, 1.807) is 17.1 Å². The van der Waals surface area contributed by atoms with Crippen LogP contribution in [-0.4, -0.2) is 66.7 Å². The van der Waals surface area contributed by atoms with Gasteiger partial charge in [0, 0.05) is 31.1 Å². The Morgan fingerprint density at radius 2 is 1.80 bits per heavy atom. The maximum atomic E-state index is 13.5. The second-order valence-corrected chi connectivity index (χ2v) is 19.0. The summed E-state index contributed by atoms with van der Waals surface area (Å²) in [6, 6.07) is 8.72. The maximum Gasteiger partial charge on any atom is 0.411 e. The summed E-state index contributed by atoms with van der Waals surface area (Å²) in [5.74, 6) is 0.726. The van der Waals surface area contributed by atoms with Gasteiger partial charge < -0.3 is 23.5 Å². The molecule has 1 fully saturated rings. The lowest BCUT2D eigenvalue weighted by atomic mass is 10.1. The number of hydrogen-bond donors (Lipinski definition) is 0. The third-order valence-electron chi connectivity index (χ3n) is 6.55. The van der Waals surface area contributed by atoms with Crippen molar-refractivity contribution in [3.63, 3.8) is 0 Å². The highest BCUT2D eigenvalue weighted by molar-refractivity contribution is 9.10. The molecule has 0 saturated carbocycles. The lowest BCUT2D eigenvalue weighted by Gasteiger charge is -2.28. The number of amides is 1. The van der Waals surface area contributed by atoms with Crippen molar-refractivity contribution < 1.29 is 23.7 Å². The van der Waals surface area contributed by atoms with Gasteiger partial charge in [0.15, 0.2) is 0 Å². The smallest absolute Gasteiger partial charge is 0.411 e. The Morgan fingerprint density at radius 1 is 1.12 bits per heavy atom. The molecule has 3 rings (SSSR count). The van der Waals surface area contributed by atoms with E-state index in [0.29, 0.717) is 46.1 Å². The molecule has 0 radical (unpaired) electrons. The molecule has 41 heavy (non-hydrogen) atoms. The monoisotopic (exact) mass is 647 g/mol. The molecule has 2 unspecified atom stereocenters. The summed E-state index contributed by atoms with van der Waals surface area (Å²) in [4.78, 5) is 20.4. The zero-order chi connectivity index (χ0) is 30.2. The Morgan fingerprint density at radius 3 is 2.41 bits per heavy atom. The van der Waals surface area contributed by atoms with Crippen LogP contribution in [0.25, 0.3) is 11.3 Å². The van der Waals surface area contributed by atoms with Crippen LogP contribution >= 0.6 is 15.9 Å². The van der Waals surface area contributed by atoms with Crippen molar-refractivity contribution in [3.05, 3.63) is 65.6 Å². The van der Waals surface area contributed by atoms with Crippen molar-refractivity contribution in [2.24, 2.45) is 0 Å². The average Bonchev–Trinajstić information content (AvgIpc) is 3.46. The largest absolute Gasteiger partial charge is 0.444 e. The van der Waals surface area contributed by atoms with Crippen LogP contribution in [0, 0.1) is 0 Å². The summed E-state index contributed by atoms with van der Waals surface area (Å²) in [5.41, 5.74) is 2.00. The fourth-order valence-corrected chi connectivity index (χ4v) is 5.57. The molecule has 0 bridgehead atoms. The van der Waals surface area contributed by atoms with Crippen molar-refractivity contribution in [2.75, 3.05) is 26.4 Å². The Kier molecular flexibility index (Phi) is 12.0. The summed E-state index contributed by atoms with van der Waals surface area (Å²) in [5, 5.41) is 0. The molecule has 0 N–H and O–H groups in total. The zero-order valence-corrected chi connectivity index (χ0v) is 28.0. The minimum Gasteiger partial charge on any atom is -0.444 e. The van der Waals surface area contributed by atoms with Crippen LogP contribution in [0.5, 0.6) is 0 Å². The number of nitrogens with zero attached hydrogens (tertiary/aromatic N) is 3. The highest BCUT2D eigenvalue weighted by atomic mass is 79.9. The topological polar surface area (TPSA) is 75.0 Å². The van der Waals surface area contributed by atoms with Gasteiger partial charge in [0.25, 0.3) is 0 Å². The average molecular weight is 649 g/mol. The number of carbonyl (C=O) groups is 1. The molecule has 1 aromatic heterocycles. The number of benzene rings is 1. The minimum absolute atomic E-state index is 0.180. The number of halogens is 1. The number of carbonyl (C=O) groups excluding carboxylic acids is 1. The maximum absolute atomic E-state index is 13.5. The van der Waals surface area contributed by atoms with E-state index in [4.69, 9.17) is 23.9 Å². The van der Waals surface area contributed by atoms with Gasteiger partial charge in [-0.2, -0.15) is 0 Å². The SMILES string of the molecule is C=CCOCc1c(-c2ccc(Br)cc2)nc(C2CC(OCC=C)CN2C(=O)OC(C)(C)C)n1COCC[Si](C)(C)C. The van der Waals surface area contributed by atoms with Crippen LogP contribution in [0.3, 0.4) is 0 Å². The quantitative estimate of drug-likeness (QED) is 0.120. The summed E-state index contributed by atoms with van der Waals surface area (Å²) in [6.07, 6.45) is 3.45. The van der Waals surface area contributed by atoms with E-state index in [9.17, 15) is 4.79 Å². The highest BCUT2D eigenvalue weighted by Gasteiger charge is 2.42. The molecule has 1 saturated heterocycles. The van der Waals surface area contributed by atoms with Crippen LogP contribution in [0.15, 0.2) is 54.0 Å². The summed E-state index contributed by atoms with van der Waals surface area (Å²) in [7, 11) is -1.28. The molecule has 1 aliphatic heterocycles. The number of ether oxygens (including phenoxy) is 4. The van der Waals surface area contributed by atoms with Gasteiger partial charge in [0.1, 0.15) is 18.2 Å². The third-order valence-corrected chi connectivity index (χ3v) is 8.78. The third kappa shape index (κ3) is 9.92. The molecule has 10 heteroatoms. The molecule has 1 amide bonds. The molecule has 2 aromatic rings. The Bertz CT molecular complexity index is 1170. The molecule has 8 nitrogen and oxygen atoms in total. The van der Waals surface area contributed by atoms with Crippen molar-refractivity contribution in [1.29, 1.82) is 0 Å². The Hall–Kier alpha value is -2.24. The van der Waals surface area contributed by atoms with Gasteiger partial charge in [-0.05, 0) is 38.9 Å². The zero-order valence-electron chi connectivity index (χ0n) is 25.5. The van der Waals surface area contributed by atoms with E-state index in [0.717, 1.165) is 33.3 Å². The van der Waals surface area contributed by atoms with Crippen LogP contribution < -0.4 is 0 Å². The number of aromatic nitrogens is 2. The first-order valence-corrected chi connectivity index (χ1v) is 18.7. The van der Waals surface area contributed by atoms with Gasteiger partial charge in [-0.3, -0.25) is 4.90 Å². The molecule has 226 valence electrons. The van der Waals surface area contributed by atoms with Gasteiger partial charge >= 0.3 is 6.09 Å². The molecular weight excluding hydrogens is 602 g/mol. The van der Waals surface area contributed by atoms with Crippen LogP contribution in [0.1, 0.15) is 44.8 Å². The van der Waals surface area contributed by atoms with Crippen molar-refractivity contribution in [3.8, 4) is 11.3 Å². The lowest BCUT2D eigenvalue weighted by molar-refractivity contribution is 0.0166. The molecular formula is C31H46BrN3O5Si. The number of imidazole rings is 1. The van der Waals surface area contributed by atoms with E-state index in [-0.39, 0.29) is 12.1 Å². The molecule has 0 aliphatic carbocycles. The number of hydrogen-bond acceptors (Lipinski definition) is 6. The van der Waals surface area contributed by atoms with Gasteiger partial charge in [-0.25, -0.2) is 9.78 Å². The fourth-order valence-electron chi connectivity index (χ4n) is 4.55. The molecule has 1 aliphatic rings. The van der Waals surface area contributed by atoms with Crippen LogP contribution in [-0.2, 0) is 32.3 Å². The van der Waals surface area contributed by atoms with E-state index < -0.39 is 19.8 Å². The summed E-state index contributed by atoms with van der Waals surface area (Å²) < 4.78 is 27.2. The molecule has 1 aromatic carbocycles. The summed E-state index contributed by atoms with van der Waals surface area (Å²) in [6.45, 7) is 22.7. The van der Waals surface area contributed by atoms with Crippen LogP contribution in [0.2, 0.25) is 25.7 Å². The van der Waals surface area contributed by atoms with Gasteiger partial charge in [-0.15, -0.1) is 13.2 Å². The molecule has 2 atom stereocenters. The van der Waals surface area contributed by atoms with E-state index >= 15 is 0 Å². The second-order valence-electron chi connectivity index (χ2n) is 12.5. The highest BCUT2D eigenvalue weighted by Crippen LogP contribution is 2.38. The number of rotatable bonds is 14. The normalized spacial score (nSPS) is 17.6. The van der Waals surface area contributed by atoms with E-state index in [1.165, 1.54) is 0 Å². The Labute approximate surface area is 254 Å². The Balaban J connectivity index is 2.10. The predicted molar refractivity (Wildman–Crippen MR) is 170 cm³/mol. The second kappa shape index (κ2) is 14.8. The first-order valence-electron chi connectivity index (χ1n) is 14.2. The first-order chi connectivity index (χ1) is 19.3. The summed E-state index contributed by atoms with van der Waals surface area (Å²) >= 11 is 3.54. The number of likely N-dealkylation sites (tertiary alicyclic amines) is 1.